The minimum absolute atomic E-state index is 0.0268. The number of halogens is 2. The van der Waals surface area contributed by atoms with E-state index in [2.05, 4.69) is 9.71 Å². The first-order valence-electron chi connectivity index (χ1n) is 6.13. The Hall–Kier alpha value is -1.50. The maximum atomic E-state index is 13.2. The van der Waals surface area contributed by atoms with E-state index in [0.717, 1.165) is 18.5 Å². The predicted octanol–water partition coefficient (Wildman–Crippen LogP) is 2.65. The molecular formula is C14H14ClFN2O2S. The van der Waals surface area contributed by atoms with E-state index in [1.54, 1.807) is 31.2 Å². The number of sulfonamides is 1. The Labute approximate surface area is 128 Å². The number of hydrogen-bond donors (Lipinski definition) is 1. The number of hydrogen-bond acceptors (Lipinski definition) is 3. The van der Waals surface area contributed by atoms with Gasteiger partial charge < -0.3 is 0 Å². The molecule has 0 bridgehead atoms. The molecule has 1 N–H and O–H groups in total. The van der Waals surface area contributed by atoms with Gasteiger partial charge in [0, 0.05) is 12.1 Å². The Balaban J connectivity index is 2.38. The number of alkyl halides is 1. The molecule has 2 rings (SSSR count). The first-order valence-corrected chi connectivity index (χ1v) is 8.15. The fourth-order valence-corrected chi connectivity index (χ4v) is 3.53. The van der Waals surface area contributed by atoms with Crippen molar-refractivity contribution < 1.29 is 12.8 Å². The van der Waals surface area contributed by atoms with Gasteiger partial charge in [0.25, 0.3) is 0 Å². The van der Waals surface area contributed by atoms with E-state index in [4.69, 9.17) is 11.6 Å². The van der Waals surface area contributed by atoms with Gasteiger partial charge in [-0.3, -0.25) is 4.98 Å². The van der Waals surface area contributed by atoms with Crippen LogP contribution in [0, 0.1) is 5.82 Å². The second-order valence-electron chi connectivity index (χ2n) is 4.78. The lowest BCUT2D eigenvalue weighted by Crippen LogP contribution is -2.44. The summed E-state index contributed by atoms with van der Waals surface area (Å²) in [4.78, 5) is 3.31. The van der Waals surface area contributed by atoms with Crippen molar-refractivity contribution in [3.8, 4) is 0 Å². The van der Waals surface area contributed by atoms with Gasteiger partial charge in [-0.2, -0.15) is 4.72 Å². The monoisotopic (exact) mass is 328 g/mol. The van der Waals surface area contributed by atoms with Gasteiger partial charge in [-0.05, 0) is 18.6 Å². The van der Waals surface area contributed by atoms with Crippen molar-refractivity contribution in [2.45, 2.75) is 17.4 Å². The number of benzene rings is 1. The zero-order chi connectivity index (χ0) is 15.5. The highest BCUT2D eigenvalue weighted by Crippen LogP contribution is 2.25. The number of nitrogens with zero attached hydrogens (tertiary/aromatic N) is 1. The van der Waals surface area contributed by atoms with Crippen LogP contribution in [0.15, 0.2) is 53.7 Å². The van der Waals surface area contributed by atoms with Crippen molar-refractivity contribution in [2.24, 2.45) is 0 Å². The third-order valence-electron chi connectivity index (χ3n) is 3.03. The Morgan fingerprint density at radius 2 is 1.95 bits per heavy atom. The minimum atomic E-state index is -3.94. The van der Waals surface area contributed by atoms with Gasteiger partial charge in [-0.25, -0.2) is 12.8 Å². The van der Waals surface area contributed by atoms with Gasteiger partial charge in [0.2, 0.25) is 10.0 Å². The molecule has 1 aromatic heterocycles. The van der Waals surface area contributed by atoms with Crippen LogP contribution in [0.25, 0.3) is 0 Å². The summed E-state index contributed by atoms with van der Waals surface area (Å²) in [7, 11) is -3.94. The molecular weight excluding hydrogens is 315 g/mol. The Kier molecular flexibility index (Phi) is 4.61. The Morgan fingerprint density at radius 3 is 2.52 bits per heavy atom. The molecule has 0 amide bonds. The number of aromatic nitrogens is 1. The topological polar surface area (TPSA) is 59.1 Å². The van der Waals surface area contributed by atoms with Crippen LogP contribution in [-0.4, -0.2) is 19.3 Å². The lowest BCUT2D eigenvalue weighted by atomic mass is 9.96. The van der Waals surface area contributed by atoms with Gasteiger partial charge in [-0.15, -0.1) is 11.6 Å². The van der Waals surface area contributed by atoms with Crippen molar-refractivity contribution in [1.29, 1.82) is 0 Å². The van der Waals surface area contributed by atoms with Crippen LogP contribution in [0.1, 0.15) is 12.5 Å². The molecule has 0 radical (unpaired) electrons. The third kappa shape index (κ3) is 3.58. The van der Waals surface area contributed by atoms with Gasteiger partial charge in [-0.1, -0.05) is 30.3 Å². The summed E-state index contributed by atoms with van der Waals surface area (Å²) in [6, 6.07) is 9.86. The van der Waals surface area contributed by atoms with Crippen LogP contribution in [-0.2, 0) is 15.6 Å². The lowest BCUT2D eigenvalue weighted by Gasteiger charge is -2.28. The van der Waals surface area contributed by atoms with E-state index >= 15 is 0 Å². The number of pyridine rings is 1. The first-order chi connectivity index (χ1) is 9.87. The highest BCUT2D eigenvalue weighted by Gasteiger charge is 2.32. The van der Waals surface area contributed by atoms with Gasteiger partial charge in [0.05, 0.1) is 11.7 Å². The molecule has 112 valence electrons. The number of rotatable bonds is 5. The lowest BCUT2D eigenvalue weighted by molar-refractivity contribution is 0.476. The van der Waals surface area contributed by atoms with E-state index in [0.29, 0.717) is 5.56 Å². The molecule has 0 aliphatic rings. The van der Waals surface area contributed by atoms with E-state index in [-0.39, 0.29) is 10.8 Å². The highest BCUT2D eigenvalue weighted by atomic mass is 35.5. The number of nitrogens with one attached hydrogen (secondary N) is 1. The smallest absolute Gasteiger partial charge is 0.243 e. The van der Waals surface area contributed by atoms with E-state index in [1.807, 2.05) is 6.07 Å². The molecule has 2 aromatic rings. The zero-order valence-electron chi connectivity index (χ0n) is 11.3. The van der Waals surface area contributed by atoms with E-state index in [9.17, 15) is 12.8 Å². The van der Waals surface area contributed by atoms with Gasteiger partial charge in [0.1, 0.15) is 10.7 Å². The first kappa shape index (κ1) is 15.9. The molecule has 1 atom stereocenters. The fourth-order valence-electron chi connectivity index (χ4n) is 1.86. The summed E-state index contributed by atoms with van der Waals surface area (Å²) in [5, 5.41) is 0. The summed E-state index contributed by atoms with van der Waals surface area (Å²) in [5.74, 6) is -0.691. The molecule has 4 nitrogen and oxygen atoms in total. The quantitative estimate of drug-likeness (QED) is 0.858. The SMILES string of the molecule is CC(CCl)(NS(=O)(=O)c1cncc(F)c1)c1ccccc1. The van der Waals surface area contributed by atoms with Crippen LogP contribution in [0.4, 0.5) is 4.39 Å². The maximum absolute atomic E-state index is 13.2. The second-order valence-corrected chi connectivity index (χ2v) is 6.73. The van der Waals surface area contributed by atoms with E-state index in [1.165, 1.54) is 0 Å². The van der Waals surface area contributed by atoms with Crippen LogP contribution in [0.2, 0.25) is 0 Å². The largest absolute Gasteiger partial charge is 0.260 e. The molecule has 7 heteroatoms. The molecule has 21 heavy (non-hydrogen) atoms. The minimum Gasteiger partial charge on any atom is -0.260 e. The van der Waals surface area contributed by atoms with Crippen molar-refractivity contribution in [2.75, 3.05) is 5.88 Å². The summed E-state index contributed by atoms with van der Waals surface area (Å²) in [5.41, 5.74) is -0.290. The maximum Gasteiger partial charge on any atom is 0.243 e. The second kappa shape index (κ2) is 6.09. The average Bonchev–Trinajstić information content (AvgIpc) is 2.47. The molecule has 1 heterocycles. The average molecular weight is 329 g/mol. The van der Waals surface area contributed by atoms with Crippen LogP contribution < -0.4 is 4.72 Å². The van der Waals surface area contributed by atoms with Crippen molar-refractivity contribution >= 4 is 21.6 Å². The van der Waals surface area contributed by atoms with Crippen molar-refractivity contribution in [3.63, 3.8) is 0 Å². The summed E-state index contributed by atoms with van der Waals surface area (Å²) in [6.45, 7) is 1.67. The summed E-state index contributed by atoms with van der Waals surface area (Å²) in [6.07, 6.45) is 2.03. The molecule has 0 aliphatic carbocycles. The van der Waals surface area contributed by atoms with Crippen LogP contribution in [0.3, 0.4) is 0 Å². The molecule has 1 aromatic carbocycles. The fraction of sp³-hybridized carbons (Fsp3) is 0.214. The third-order valence-corrected chi connectivity index (χ3v) is 5.13. The molecule has 0 saturated heterocycles. The molecule has 1 unspecified atom stereocenters. The highest BCUT2D eigenvalue weighted by molar-refractivity contribution is 7.89. The van der Waals surface area contributed by atoms with Crippen molar-refractivity contribution in [1.82, 2.24) is 9.71 Å². The molecule has 0 fully saturated rings. The van der Waals surface area contributed by atoms with Gasteiger partial charge >= 0.3 is 0 Å². The van der Waals surface area contributed by atoms with Crippen LogP contribution >= 0.6 is 11.6 Å². The van der Waals surface area contributed by atoms with Crippen LogP contribution in [0.5, 0.6) is 0 Å². The Bertz CT molecular complexity index is 725. The molecule has 0 aliphatic heterocycles. The standard InChI is InChI=1S/C14H14ClFN2O2S/c1-14(10-15,11-5-3-2-4-6-11)18-21(19,20)13-7-12(16)8-17-9-13/h2-9,18H,10H2,1H3. The summed E-state index contributed by atoms with van der Waals surface area (Å²) >= 11 is 5.95. The molecule has 0 spiro atoms. The van der Waals surface area contributed by atoms with Gasteiger partial charge in [0.15, 0.2) is 0 Å². The van der Waals surface area contributed by atoms with E-state index < -0.39 is 21.4 Å². The Morgan fingerprint density at radius 1 is 1.29 bits per heavy atom. The zero-order valence-corrected chi connectivity index (χ0v) is 12.8. The molecule has 0 saturated carbocycles. The summed E-state index contributed by atoms with van der Waals surface area (Å²) < 4.78 is 40.4. The predicted molar refractivity (Wildman–Crippen MR) is 79.0 cm³/mol. The normalized spacial score (nSPS) is 14.6. The van der Waals surface area contributed by atoms with Crippen molar-refractivity contribution in [3.05, 3.63) is 60.2 Å².